The van der Waals surface area contributed by atoms with Gasteiger partial charge in [0.05, 0.1) is 11.4 Å². The van der Waals surface area contributed by atoms with Gasteiger partial charge in [-0.05, 0) is 37.6 Å². The molecule has 0 aliphatic heterocycles. The maximum absolute atomic E-state index is 6.27. The molecule has 0 atom stereocenters. The van der Waals surface area contributed by atoms with Gasteiger partial charge in [-0.2, -0.15) is 5.10 Å². The van der Waals surface area contributed by atoms with Crippen molar-refractivity contribution in [2.45, 2.75) is 20.3 Å². The second kappa shape index (κ2) is 4.48. The monoisotopic (exact) mass is 254 g/mol. The van der Waals surface area contributed by atoms with Crippen LogP contribution in [0.25, 0.3) is 5.69 Å². The molecule has 0 amide bonds. The van der Waals surface area contributed by atoms with Gasteiger partial charge in [0.1, 0.15) is 5.15 Å². The van der Waals surface area contributed by atoms with Gasteiger partial charge in [0, 0.05) is 10.6 Å². The largest absolute Gasteiger partial charge is 0.222 e. The van der Waals surface area contributed by atoms with Crippen molar-refractivity contribution in [3.05, 3.63) is 45.7 Å². The van der Waals surface area contributed by atoms with Crippen molar-refractivity contribution >= 4 is 23.2 Å². The maximum Gasteiger partial charge on any atom is 0.136 e. The zero-order chi connectivity index (χ0) is 11.7. The van der Waals surface area contributed by atoms with Gasteiger partial charge in [-0.3, -0.25) is 0 Å². The van der Waals surface area contributed by atoms with Gasteiger partial charge in [0.25, 0.3) is 0 Å². The Kier molecular flexibility index (Phi) is 3.22. The Hall–Kier alpha value is -0.990. The summed E-state index contributed by atoms with van der Waals surface area (Å²) in [6, 6.07) is 7.46. The van der Waals surface area contributed by atoms with Gasteiger partial charge in [-0.25, -0.2) is 4.68 Å². The Balaban J connectivity index is 2.52. The molecular weight excluding hydrogens is 243 g/mol. The quantitative estimate of drug-likeness (QED) is 0.791. The molecule has 0 spiro atoms. The summed E-state index contributed by atoms with van der Waals surface area (Å²) < 4.78 is 1.74. The van der Waals surface area contributed by atoms with Crippen molar-refractivity contribution < 1.29 is 0 Å². The van der Waals surface area contributed by atoms with Crippen molar-refractivity contribution in [1.82, 2.24) is 9.78 Å². The molecule has 2 rings (SSSR count). The second-order valence-electron chi connectivity index (χ2n) is 3.60. The molecule has 1 aromatic heterocycles. The molecule has 0 aliphatic rings. The van der Waals surface area contributed by atoms with Crippen molar-refractivity contribution in [2.75, 3.05) is 0 Å². The molecule has 16 heavy (non-hydrogen) atoms. The molecule has 0 radical (unpaired) electrons. The van der Waals surface area contributed by atoms with Crippen molar-refractivity contribution in [3.8, 4) is 5.69 Å². The summed E-state index contributed by atoms with van der Waals surface area (Å²) in [7, 11) is 0. The third kappa shape index (κ3) is 1.95. The molecule has 84 valence electrons. The highest BCUT2D eigenvalue weighted by atomic mass is 35.5. The van der Waals surface area contributed by atoms with Crippen LogP contribution in [0.4, 0.5) is 0 Å². The number of hydrogen-bond donors (Lipinski definition) is 0. The molecule has 1 aromatic carbocycles. The number of aromatic nitrogens is 2. The molecule has 0 N–H and O–H groups in total. The lowest BCUT2D eigenvalue weighted by atomic mass is 10.2. The highest BCUT2D eigenvalue weighted by molar-refractivity contribution is 6.31. The van der Waals surface area contributed by atoms with Crippen LogP contribution >= 0.6 is 23.2 Å². The van der Waals surface area contributed by atoms with E-state index >= 15 is 0 Å². The van der Waals surface area contributed by atoms with Gasteiger partial charge >= 0.3 is 0 Å². The van der Waals surface area contributed by atoms with Crippen LogP contribution in [0, 0.1) is 6.92 Å². The summed E-state index contributed by atoms with van der Waals surface area (Å²) in [5.41, 5.74) is 3.00. The average molecular weight is 255 g/mol. The first-order valence-electron chi connectivity index (χ1n) is 5.13. The summed E-state index contributed by atoms with van der Waals surface area (Å²) in [6.45, 7) is 4.04. The van der Waals surface area contributed by atoms with E-state index in [9.17, 15) is 0 Å². The van der Waals surface area contributed by atoms with Crippen LogP contribution in [0.5, 0.6) is 0 Å². The van der Waals surface area contributed by atoms with Crippen molar-refractivity contribution in [2.24, 2.45) is 0 Å². The van der Waals surface area contributed by atoms with E-state index in [4.69, 9.17) is 23.2 Å². The fraction of sp³-hybridized carbons (Fsp3) is 0.250. The lowest BCUT2D eigenvalue weighted by Crippen LogP contribution is -1.96. The third-order valence-corrected chi connectivity index (χ3v) is 3.19. The van der Waals surface area contributed by atoms with E-state index in [0.717, 1.165) is 23.4 Å². The Morgan fingerprint density at radius 3 is 2.31 bits per heavy atom. The number of benzene rings is 1. The topological polar surface area (TPSA) is 17.8 Å². The molecule has 1 heterocycles. The fourth-order valence-corrected chi connectivity index (χ4v) is 2.22. The van der Waals surface area contributed by atoms with Crippen LogP contribution in [0.3, 0.4) is 0 Å². The van der Waals surface area contributed by atoms with Crippen LogP contribution in [-0.4, -0.2) is 9.78 Å². The van der Waals surface area contributed by atoms with Gasteiger partial charge in [-0.15, -0.1) is 0 Å². The fourth-order valence-electron chi connectivity index (χ4n) is 1.69. The predicted molar refractivity (Wildman–Crippen MR) is 67.7 cm³/mol. The third-order valence-electron chi connectivity index (χ3n) is 2.55. The van der Waals surface area contributed by atoms with E-state index < -0.39 is 0 Å². The number of halogens is 2. The minimum absolute atomic E-state index is 0.683. The summed E-state index contributed by atoms with van der Waals surface area (Å²) in [6.07, 6.45) is 0.887. The summed E-state index contributed by atoms with van der Waals surface area (Å²) >= 11 is 12.1. The number of aryl methyl sites for hydroxylation is 1. The zero-order valence-corrected chi connectivity index (χ0v) is 10.7. The van der Waals surface area contributed by atoms with E-state index in [1.807, 2.05) is 31.2 Å². The first-order chi connectivity index (χ1) is 7.63. The number of nitrogens with zero attached hydrogens (tertiary/aromatic N) is 2. The Morgan fingerprint density at radius 1 is 1.19 bits per heavy atom. The first-order valence-corrected chi connectivity index (χ1v) is 5.89. The van der Waals surface area contributed by atoms with Crippen LogP contribution in [0.1, 0.15) is 18.2 Å². The average Bonchev–Trinajstić information content (AvgIpc) is 2.55. The lowest BCUT2D eigenvalue weighted by molar-refractivity contribution is 0.863. The standard InChI is InChI=1S/C12H12Cl2N2/c1-3-11-8(2)15-16(12(11)14)10-6-4-9(13)5-7-10/h4-7H,3H2,1-2H3. The van der Waals surface area contributed by atoms with Crippen LogP contribution in [0.15, 0.2) is 24.3 Å². The van der Waals surface area contributed by atoms with E-state index in [2.05, 4.69) is 12.0 Å². The zero-order valence-electron chi connectivity index (χ0n) is 9.17. The van der Waals surface area contributed by atoms with E-state index in [0.29, 0.717) is 10.2 Å². The van der Waals surface area contributed by atoms with Gasteiger partial charge in [0.15, 0.2) is 0 Å². The van der Waals surface area contributed by atoms with Crippen LogP contribution in [-0.2, 0) is 6.42 Å². The summed E-state index contributed by atoms with van der Waals surface area (Å²) in [4.78, 5) is 0. The van der Waals surface area contributed by atoms with E-state index in [1.54, 1.807) is 4.68 Å². The number of hydrogen-bond acceptors (Lipinski definition) is 1. The molecule has 2 nitrogen and oxygen atoms in total. The van der Waals surface area contributed by atoms with Crippen molar-refractivity contribution in [3.63, 3.8) is 0 Å². The SMILES string of the molecule is CCc1c(C)nn(-c2ccc(Cl)cc2)c1Cl. The molecule has 0 saturated heterocycles. The van der Waals surface area contributed by atoms with Gasteiger partial charge in [-0.1, -0.05) is 30.1 Å². The first kappa shape index (κ1) is 11.5. The number of rotatable bonds is 2. The molecule has 0 saturated carbocycles. The molecule has 0 unspecified atom stereocenters. The molecule has 2 aromatic rings. The molecule has 0 aliphatic carbocycles. The van der Waals surface area contributed by atoms with Crippen LogP contribution in [0.2, 0.25) is 10.2 Å². The normalized spacial score (nSPS) is 10.8. The Bertz CT molecular complexity index is 500. The van der Waals surface area contributed by atoms with Gasteiger partial charge < -0.3 is 0 Å². The smallest absolute Gasteiger partial charge is 0.136 e. The van der Waals surface area contributed by atoms with Crippen molar-refractivity contribution in [1.29, 1.82) is 0 Å². The predicted octanol–water partition coefficient (Wildman–Crippen LogP) is 4.05. The Labute approximate surface area is 105 Å². The van der Waals surface area contributed by atoms with Crippen LogP contribution < -0.4 is 0 Å². The minimum Gasteiger partial charge on any atom is -0.222 e. The Morgan fingerprint density at radius 2 is 1.81 bits per heavy atom. The summed E-state index contributed by atoms with van der Waals surface area (Å²) in [5, 5.41) is 5.81. The second-order valence-corrected chi connectivity index (χ2v) is 4.39. The molecular formula is C12H12Cl2N2. The molecule has 0 bridgehead atoms. The maximum atomic E-state index is 6.27. The molecule has 4 heteroatoms. The lowest BCUT2D eigenvalue weighted by Gasteiger charge is -2.03. The highest BCUT2D eigenvalue weighted by Gasteiger charge is 2.12. The minimum atomic E-state index is 0.683. The highest BCUT2D eigenvalue weighted by Crippen LogP contribution is 2.24. The van der Waals surface area contributed by atoms with E-state index in [1.165, 1.54) is 0 Å². The van der Waals surface area contributed by atoms with E-state index in [-0.39, 0.29) is 0 Å². The summed E-state index contributed by atoms with van der Waals surface area (Å²) in [5.74, 6) is 0. The molecule has 0 fully saturated rings. The van der Waals surface area contributed by atoms with Gasteiger partial charge in [0.2, 0.25) is 0 Å².